The Hall–Kier alpha value is -1.54. The maximum atomic E-state index is 12.8. The summed E-state index contributed by atoms with van der Waals surface area (Å²) < 4.78 is 22.2. The summed E-state index contributed by atoms with van der Waals surface area (Å²) in [4.78, 5) is 22.8. The van der Waals surface area contributed by atoms with E-state index < -0.39 is 20.0 Å². The molecule has 0 aromatic heterocycles. The molecule has 1 amide bonds. The van der Waals surface area contributed by atoms with Crippen molar-refractivity contribution < 1.29 is 28.4 Å². The van der Waals surface area contributed by atoms with Gasteiger partial charge in [-0.15, -0.1) is 0 Å². The Morgan fingerprint density at radius 3 is 1.47 bits per heavy atom. The van der Waals surface area contributed by atoms with Crippen LogP contribution in [0, 0.1) is 0 Å². The fourth-order valence-corrected chi connectivity index (χ4v) is 7.83. The van der Waals surface area contributed by atoms with Gasteiger partial charge in [-0.05, 0) is 51.4 Å². The molecule has 0 spiro atoms. The predicted octanol–water partition coefficient (Wildman–Crippen LogP) is 14.1. The van der Waals surface area contributed by atoms with Gasteiger partial charge in [0.15, 0.2) is 0 Å². The molecule has 0 saturated carbocycles. The highest BCUT2D eigenvalue weighted by Crippen LogP contribution is 2.43. The van der Waals surface area contributed by atoms with Crippen molar-refractivity contribution in [3.63, 3.8) is 0 Å². The van der Waals surface area contributed by atoms with E-state index in [0.717, 1.165) is 64.2 Å². The van der Waals surface area contributed by atoms with Crippen LogP contribution in [0.5, 0.6) is 0 Å². The first-order valence-electron chi connectivity index (χ1n) is 24.3. The van der Waals surface area contributed by atoms with E-state index >= 15 is 0 Å². The Morgan fingerprint density at radius 1 is 0.586 bits per heavy atom. The number of nitrogens with one attached hydrogen (secondary N) is 1. The summed E-state index contributed by atoms with van der Waals surface area (Å²) in [6.45, 7) is 4.11. The second kappa shape index (κ2) is 45.0. The Balaban J connectivity index is 4.08. The number of amides is 1. The summed E-state index contributed by atoms with van der Waals surface area (Å²) in [5.74, 6) is -0.166. The first-order chi connectivity index (χ1) is 28.4. The zero-order chi connectivity index (χ0) is 42.5. The first-order valence-corrected chi connectivity index (χ1v) is 25.7. The van der Waals surface area contributed by atoms with E-state index in [-0.39, 0.29) is 25.7 Å². The topological polar surface area (TPSA) is 131 Å². The zero-order valence-electron chi connectivity index (χ0n) is 37.8. The monoisotopic (exact) mass is 837 g/mol. The quantitative estimate of drug-likeness (QED) is 0.0273. The molecule has 3 atom stereocenters. The summed E-state index contributed by atoms with van der Waals surface area (Å²) >= 11 is 0. The van der Waals surface area contributed by atoms with Crippen LogP contribution in [0.25, 0.3) is 0 Å². The molecule has 58 heavy (non-hydrogen) atoms. The Bertz CT molecular complexity index is 1050. The fraction of sp³-hybridized carbons (Fsp3) is 0.816. The van der Waals surface area contributed by atoms with Crippen molar-refractivity contribution in [2.45, 2.75) is 238 Å². The highest BCUT2D eigenvalue weighted by molar-refractivity contribution is 7.47. The van der Waals surface area contributed by atoms with E-state index in [1.165, 1.54) is 135 Å². The maximum Gasteiger partial charge on any atom is 0.472 e. The van der Waals surface area contributed by atoms with E-state index in [1.54, 1.807) is 0 Å². The number of hydrogen-bond donors (Lipinski definition) is 4. The number of aliphatic hydroxyl groups is 1. The minimum absolute atomic E-state index is 0.0870. The van der Waals surface area contributed by atoms with Crippen LogP contribution < -0.4 is 11.1 Å². The van der Waals surface area contributed by atoms with Crippen molar-refractivity contribution in [3.05, 3.63) is 48.6 Å². The highest BCUT2D eigenvalue weighted by Gasteiger charge is 2.27. The van der Waals surface area contributed by atoms with Gasteiger partial charge in [0.25, 0.3) is 0 Å². The number of hydrogen-bond acceptors (Lipinski definition) is 6. The summed E-state index contributed by atoms with van der Waals surface area (Å²) in [6.07, 6.45) is 55.5. The number of unbranched alkanes of at least 4 members (excludes halogenated alkanes) is 25. The average molecular weight is 837 g/mol. The van der Waals surface area contributed by atoms with E-state index in [1.807, 2.05) is 0 Å². The van der Waals surface area contributed by atoms with Crippen LogP contribution in [-0.2, 0) is 18.4 Å². The molecule has 0 aliphatic heterocycles. The zero-order valence-corrected chi connectivity index (χ0v) is 38.7. The van der Waals surface area contributed by atoms with E-state index in [2.05, 4.69) is 67.8 Å². The molecule has 0 aliphatic carbocycles. The highest BCUT2D eigenvalue weighted by atomic mass is 31.2. The molecular formula is C49H93N2O6P. The molecule has 340 valence electrons. The summed E-state index contributed by atoms with van der Waals surface area (Å²) in [5, 5.41) is 13.8. The van der Waals surface area contributed by atoms with Gasteiger partial charge in [-0.2, -0.15) is 0 Å². The number of aliphatic hydroxyl groups excluding tert-OH is 1. The van der Waals surface area contributed by atoms with Gasteiger partial charge >= 0.3 is 7.82 Å². The lowest BCUT2D eigenvalue weighted by Gasteiger charge is -2.25. The molecule has 0 bridgehead atoms. The molecule has 0 rings (SSSR count). The lowest BCUT2D eigenvalue weighted by atomic mass is 10.0. The maximum absolute atomic E-state index is 12.8. The summed E-state index contributed by atoms with van der Waals surface area (Å²) in [7, 11) is -4.32. The molecular weight excluding hydrogens is 744 g/mol. The van der Waals surface area contributed by atoms with Crippen molar-refractivity contribution in [2.75, 3.05) is 19.8 Å². The Labute approximate surface area is 358 Å². The number of carbonyl (C=O) groups is 1. The van der Waals surface area contributed by atoms with Crippen LogP contribution in [0.2, 0.25) is 0 Å². The molecule has 0 fully saturated rings. The van der Waals surface area contributed by atoms with Gasteiger partial charge in [0, 0.05) is 13.0 Å². The molecule has 0 aromatic carbocycles. The SMILES string of the molecule is CC/C=C\C/C=C\C/C=C\C/C=C\CCCCCCCCCCCCC(=O)NC(COP(=O)(O)OCCN)C(O)CCCCCCCCCCCCCCCCCC. The minimum Gasteiger partial charge on any atom is -0.391 e. The van der Waals surface area contributed by atoms with Crippen LogP contribution >= 0.6 is 7.82 Å². The number of nitrogens with two attached hydrogens (primary N) is 1. The van der Waals surface area contributed by atoms with Crippen LogP contribution in [0.4, 0.5) is 0 Å². The van der Waals surface area contributed by atoms with E-state index in [4.69, 9.17) is 14.8 Å². The lowest BCUT2D eigenvalue weighted by molar-refractivity contribution is -0.123. The van der Waals surface area contributed by atoms with Crippen molar-refractivity contribution in [2.24, 2.45) is 5.73 Å². The van der Waals surface area contributed by atoms with Crippen molar-refractivity contribution in [1.29, 1.82) is 0 Å². The van der Waals surface area contributed by atoms with Gasteiger partial charge in [0.1, 0.15) is 0 Å². The summed E-state index contributed by atoms with van der Waals surface area (Å²) in [6, 6.07) is -0.778. The number of rotatable bonds is 45. The molecule has 0 aromatic rings. The molecule has 0 radical (unpaired) electrons. The molecule has 8 nitrogen and oxygen atoms in total. The molecule has 9 heteroatoms. The molecule has 5 N–H and O–H groups in total. The van der Waals surface area contributed by atoms with Crippen molar-refractivity contribution >= 4 is 13.7 Å². The van der Waals surface area contributed by atoms with Crippen LogP contribution in [0.3, 0.4) is 0 Å². The smallest absolute Gasteiger partial charge is 0.391 e. The number of phosphoric acid groups is 1. The molecule has 0 aliphatic rings. The standard InChI is InChI=1S/C49H93N2O6P/c1-3-5-7-9-11-13-15-17-19-21-22-23-24-25-26-27-29-31-33-35-37-39-41-43-49(53)51-47(46-57-58(54,55)56-45-44-50)48(52)42-40-38-36-34-32-30-28-20-18-16-14-12-10-8-6-4-2/h5,7,11,13,17,19,22-23,47-48,52H,3-4,6,8-10,12,14-16,18,20-21,24-46,50H2,1-2H3,(H,51,53)(H,54,55)/b7-5-,13-11-,19-17-,23-22-. The molecule has 0 heterocycles. The van der Waals surface area contributed by atoms with Crippen molar-refractivity contribution in [1.82, 2.24) is 5.32 Å². The van der Waals surface area contributed by atoms with Gasteiger partial charge in [-0.25, -0.2) is 4.57 Å². The Kier molecular flexibility index (Phi) is 43.8. The number of phosphoric ester groups is 1. The third kappa shape index (κ3) is 42.6. The van der Waals surface area contributed by atoms with Gasteiger partial charge in [-0.1, -0.05) is 217 Å². The van der Waals surface area contributed by atoms with Crippen LogP contribution in [-0.4, -0.2) is 47.8 Å². The summed E-state index contributed by atoms with van der Waals surface area (Å²) in [5.41, 5.74) is 5.39. The third-order valence-electron chi connectivity index (χ3n) is 10.7. The average Bonchev–Trinajstić information content (AvgIpc) is 3.21. The largest absolute Gasteiger partial charge is 0.472 e. The predicted molar refractivity (Wildman–Crippen MR) is 249 cm³/mol. The normalized spacial score (nSPS) is 14.4. The first kappa shape index (κ1) is 56.5. The Morgan fingerprint density at radius 2 is 1.00 bits per heavy atom. The molecule has 3 unspecified atom stereocenters. The fourth-order valence-electron chi connectivity index (χ4n) is 7.07. The second-order valence-electron chi connectivity index (χ2n) is 16.3. The minimum atomic E-state index is -4.32. The van der Waals surface area contributed by atoms with Crippen LogP contribution in [0.1, 0.15) is 226 Å². The number of carbonyl (C=O) groups excluding carboxylic acids is 1. The number of allylic oxidation sites excluding steroid dienone is 8. The van der Waals surface area contributed by atoms with Gasteiger partial charge < -0.3 is 21.1 Å². The second-order valence-corrected chi connectivity index (χ2v) is 17.7. The molecule has 0 saturated heterocycles. The van der Waals surface area contributed by atoms with Gasteiger partial charge in [0.05, 0.1) is 25.4 Å². The van der Waals surface area contributed by atoms with Crippen LogP contribution in [0.15, 0.2) is 48.6 Å². The van der Waals surface area contributed by atoms with E-state index in [9.17, 15) is 19.4 Å². The van der Waals surface area contributed by atoms with E-state index in [0.29, 0.717) is 12.8 Å². The van der Waals surface area contributed by atoms with Crippen molar-refractivity contribution in [3.8, 4) is 0 Å². The van der Waals surface area contributed by atoms with Gasteiger partial charge in [-0.3, -0.25) is 13.8 Å². The van der Waals surface area contributed by atoms with Gasteiger partial charge in [0.2, 0.25) is 5.91 Å². The third-order valence-corrected chi connectivity index (χ3v) is 11.7. The lowest BCUT2D eigenvalue weighted by Crippen LogP contribution is -2.46.